The van der Waals surface area contributed by atoms with Gasteiger partial charge in [-0.1, -0.05) is 13.8 Å². The van der Waals surface area contributed by atoms with E-state index in [1.54, 1.807) is 12.1 Å². The first-order valence-electron chi connectivity index (χ1n) is 7.47. The Hall–Kier alpha value is -1.11. The van der Waals surface area contributed by atoms with Crippen LogP contribution in [0.1, 0.15) is 26.7 Å². The van der Waals surface area contributed by atoms with Crippen molar-refractivity contribution in [3.05, 3.63) is 24.3 Å². The smallest absolute Gasteiger partial charge is 0.238 e. The van der Waals surface area contributed by atoms with Gasteiger partial charge >= 0.3 is 0 Å². The largest absolute Gasteiger partial charge is 0.370 e. The van der Waals surface area contributed by atoms with Crippen LogP contribution in [0.25, 0.3) is 0 Å². The maximum atomic E-state index is 11.3. The molecule has 21 heavy (non-hydrogen) atoms. The second-order valence-electron chi connectivity index (χ2n) is 6.13. The monoisotopic (exact) mass is 311 g/mol. The van der Waals surface area contributed by atoms with Gasteiger partial charge in [0, 0.05) is 24.8 Å². The maximum Gasteiger partial charge on any atom is 0.238 e. The Kier molecular flexibility index (Phi) is 5.24. The zero-order chi connectivity index (χ0) is 15.5. The van der Waals surface area contributed by atoms with Gasteiger partial charge in [0.25, 0.3) is 0 Å². The summed E-state index contributed by atoms with van der Waals surface area (Å²) < 4.78 is 22.6. The fourth-order valence-corrected chi connectivity index (χ4v) is 3.27. The quantitative estimate of drug-likeness (QED) is 0.836. The number of benzene rings is 1. The molecule has 1 aromatic carbocycles. The van der Waals surface area contributed by atoms with Crippen LogP contribution in [0.3, 0.4) is 0 Å². The lowest BCUT2D eigenvalue weighted by Crippen LogP contribution is -2.39. The molecule has 1 unspecified atom stereocenters. The van der Waals surface area contributed by atoms with Crippen LogP contribution in [0.4, 0.5) is 5.69 Å². The number of rotatable bonds is 6. The Morgan fingerprint density at radius 1 is 1.33 bits per heavy atom. The average molecular weight is 311 g/mol. The Morgan fingerprint density at radius 2 is 2.00 bits per heavy atom. The number of hydrogen-bond donors (Lipinski definition) is 2. The van der Waals surface area contributed by atoms with Crippen molar-refractivity contribution in [3.8, 4) is 0 Å². The lowest BCUT2D eigenvalue weighted by atomic mass is 10.1. The number of hydrogen-bond acceptors (Lipinski definition) is 4. The molecule has 1 aliphatic rings. The van der Waals surface area contributed by atoms with Gasteiger partial charge in [0.1, 0.15) is 0 Å². The van der Waals surface area contributed by atoms with Crippen LogP contribution in [-0.4, -0.2) is 34.1 Å². The van der Waals surface area contributed by atoms with Gasteiger partial charge in [0.05, 0.1) is 4.90 Å². The van der Waals surface area contributed by atoms with Crippen molar-refractivity contribution in [2.75, 3.05) is 24.5 Å². The molecule has 1 fully saturated rings. The van der Waals surface area contributed by atoms with Gasteiger partial charge < -0.3 is 10.2 Å². The third-order valence-electron chi connectivity index (χ3n) is 3.72. The van der Waals surface area contributed by atoms with Crippen molar-refractivity contribution < 1.29 is 8.42 Å². The van der Waals surface area contributed by atoms with E-state index in [4.69, 9.17) is 5.14 Å². The highest BCUT2D eigenvalue weighted by atomic mass is 32.2. The maximum absolute atomic E-state index is 11.3. The molecule has 1 heterocycles. The topological polar surface area (TPSA) is 75.4 Å². The van der Waals surface area contributed by atoms with Gasteiger partial charge in [-0.2, -0.15) is 0 Å². The van der Waals surface area contributed by atoms with Crippen molar-refractivity contribution in [1.82, 2.24) is 5.32 Å². The van der Waals surface area contributed by atoms with Crippen molar-refractivity contribution >= 4 is 15.7 Å². The zero-order valence-corrected chi connectivity index (χ0v) is 13.6. The van der Waals surface area contributed by atoms with Crippen LogP contribution < -0.4 is 15.4 Å². The van der Waals surface area contributed by atoms with Crippen LogP contribution in [0.15, 0.2) is 29.2 Å². The molecular formula is C15H25N3O2S. The molecule has 5 nitrogen and oxygen atoms in total. The second-order valence-corrected chi connectivity index (χ2v) is 7.69. The summed E-state index contributed by atoms with van der Waals surface area (Å²) >= 11 is 0. The molecule has 1 aliphatic heterocycles. The zero-order valence-electron chi connectivity index (χ0n) is 12.7. The molecular weight excluding hydrogens is 286 g/mol. The number of sulfonamides is 1. The molecule has 0 aliphatic carbocycles. The number of nitrogens with one attached hydrogen (secondary N) is 1. The fraction of sp³-hybridized carbons (Fsp3) is 0.600. The minimum atomic E-state index is -3.62. The van der Waals surface area contributed by atoms with Crippen LogP contribution in [0, 0.1) is 5.92 Å². The van der Waals surface area contributed by atoms with Gasteiger partial charge in [-0.3, -0.25) is 0 Å². The molecule has 0 saturated carbocycles. The summed E-state index contributed by atoms with van der Waals surface area (Å²) in [7, 11) is -3.62. The predicted octanol–water partition coefficient (Wildman–Crippen LogP) is 1.55. The molecule has 1 atom stereocenters. The van der Waals surface area contributed by atoms with Gasteiger partial charge in [-0.15, -0.1) is 0 Å². The summed E-state index contributed by atoms with van der Waals surface area (Å²) in [4.78, 5) is 2.48. The van der Waals surface area contributed by atoms with Gasteiger partial charge in [0.15, 0.2) is 0 Å². The van der Waals surface area contributed by atoms with Crippen molar-refractivity contribution in [1.29, 1.82) is 0 Å². The van der Waals surface area contributed by atoms with E-state index in [1.165, 1.54) is 12.8 Å². The highest BCUT2D eigenvalue weighted by molar-refractivity contribution is 7.89. The summed E-state index contributed by atoms with van der Waals surface area (Å²) in [6.07, 6.45) is 2.42. The molecule has 1 saturated heterocycles. The second kappa shape index (κ2) is 6.77. The van der Waals surface area contributed by atoms with Crippen molar-refractivity contribution in [3.63, 3.8) is 0 Å². The summed E-state index contributed by atoms with van der Waals surface area (Å²) in [5.74, 6) is 0.546. The minimum Gasteiger partial charge on any atom is -0.370 e. The number of nitrogens with zero attached hydrogens (tertiary/aromatic N) is 1. The molecule has 6 heteroatoms. The Labute approximate surface area is 127 Å². The first-order chi connectivity index (χ1) is 9.86. The SMILES string of the molecule is CC(C)CN(CC1CCCN1)c1ccc(S(N)(=O)=O)cc1. The molecule has 2 rings (SSSR count). The van der Waals surface area contributed by atoms with Crippen LogP contribution >= 0.6 is 0 Å². The first-order valence-corrected chi connectivity index (χ1v) is 9.02. The first kappa shape index (κ1) is 16.3. The third-order valence-corrected chi connectivity index (χ3v) is 4.65. The molecule has 118 valence electrons. The lowest BCUT2D eigenvalue weighted by Gasteiger charge is -2.29. The van der Waals surface area contributed by atoms with E-state index in [-0.39, 0.29) is 4.90 Å². The lowest BCUT2D eigenvalue weighted by molar-refractivity contribution is 0.541. The predicted molar refractivity (Wildman–Crippen MR) is 85.9 cm³/mol. The Bertz CT molecular complexity index is 549. The molecule has 1 aromatic rings. The highest BCUT2D eigenvalue weighted by Gasteiger charge is 2.19. The summed E-state index contributed by atoms with van der Waals surface area (Å²) in [5.41, 5.74) is 1.05. The van der Waals surface area contributed by atoms with Crippen LogP contribution in [0.2, 0.25) is 0 Å². The molecule has 0 spiro atoms. The average Bonchev–Trinajstić information content (AvgIpc) is 2.89. The number of anilines is 1. The van der Waals surface area contributed by atoms with E-state index in [1.807, 2.05) is 12.1 Å². The van der Waals surface area contributed by atoms with Gasteiger partial charge in [0.2, 0.25) is 10.0 Å². The Morgan fingerprint density at radius 3 is 2.48 bits per heavy atom. The van der Waals surface area contributed by atoms with E-state index in [0.717, 1.165) is 25.3 Å². The van der Waals surface area contributed by atoms with Gasteiger partial charge in [-0.05, 0) is 49.6 Å². The molecule has 0 radical (unpaired) electrons. The normalized spacial score (nSPS) is 19.1. The molecule has 3 N–H and O–H groups in total. The summed E-state index contributed by atoms with van der Waals surface area (Å²) in [5, 5.41) is 8.65. The van der Waals surface area contributed by atoms with Crippen molar-refractivity contribution in [2.45, 2.75) is 37.6 Å². The minimum absolute atomic E-state index is 0.162. The van der Waals surface area contributed by atoms with Crippen LogP contribution in [0.5, 0.6) is 0 Å². The Balaban J connectivity index is 2.15. The van der Waals surface area contributed by atoms with E-state index < -0.39 is 10.0 Å². The van der Waals surface area contributed by atoms with E-state index in [0.29, 0.717) is 12.0 Å². The van der Waals surface area contributed by atoms with Gasteiger partial charge in [-0.25, -0.2) is 13.6 Å². The third kappa shape index (κ3) is 4.69. The van der Waals surface area contributed by atoms with E-state index in [2.05, 4.69) is 24.1 Å². The fourth-order valence-electron chi connectivity index (χ4n) is 2.75. The standard InChI is InChI=1S/C15H25N3O2S/c1-12(2)10-18(11-13-4-3-9-17-13)14-5-7-15(8-6-14)21(16,19)20/h5-8,12-13,17H,3-4,9-11H2,1-2H3,(H2,16,19,20). The molecule has 0 aromatic heterocycles. The highest BCUT2D eigenvalue weighted by Crippen LogP contribution is 2.20. The summed E-state index contributed by atoms with van der Waals surface area (Å²) in [6.45, 7) is 7.37. The van der Waals surface area contributed by atoms with E-state index in [9.17, 15) is 8.42 Å². The molecule has 0 amide bonds. The van der Waals surface area contributed by atoms with Crippen LogP contribution in [-0.2, 0) is 10.0 Å². The van der Waals surface area contributed by atoms with Crippen molar-refractivity contribution in [2.24, 2.45) is 11.1 Å². The van der Waals surface area contributed by atoms with E-state index >= 15 is 0 Å². The number of primary sulfonamides is 1. The molecule has 0 bridgehead atoms. The number of nitrogens with two attached hydrogens (primary N) is 1. The summed E-state index contributed by atoms with van der Waals surface area (Å²) in [6, 6.07) is 7.37.